The van der Waals surface area contributed by atoms with Gasteiger partial charge in [0, 0.05) is 30.9 Å². The van der Waals surface area contributed by atoms with Crippen molar-refractivity contribution in [2.45, 2.75) is 13.1 Å². The molecule has 94 valence electrons. The van der Waals surface area contributed by atoms with Gasteiger partial charge in [0.25, 0.3) is 0 Å². The van der Waals surface area contributed by atoms with E-state index in [1.54, 1.807) is 19.4 Å². The van der Waals surface area contributed by atoms with Gasteiger partial charge < -0.3 is 15.2 Å². The molecule has 4 heteroatoms. The summed E-state index contributed by atoms with van der Waals surface area (Å²) in [7, 11) is 1.58. The quantitative estimate of drug-likeness (QED) is 0.845. The second-order valence-electron chi connectivity index (χ2n) is 3.92. The Hall–Kier alpha value is -2.07. The first-order valence-electron chi connectivity index (χ1n) is 5.76. The Morgan fingerprint density at radius 1 is 1.22 bits per heavy atom. The van der Waals surface area contributed by atoms with Crippen LogP contribution in [0.1, 0.15) is 11.3 Å². The lowest BCUT2D eigenvalue weighted by atomic mass is 10.2. The molecule has 2 aromatic rings. The molecule has 0 saturated heterocycles. The number of benzene rings is 1. The van der Waals surface area contributed by atoms with Gasteiger partial charge in [-0.25, -0.2) is 0 Å². The highest BCUT2D eigenvalue weighted by atomic mass is 16.5. The summed E-state index contributed by atoms with van der Waals surface area (Å²) in [4.78, 5) is 4.21. The topological polar surface area (TPSA) is 54.4 Å². The highest BCUT2D eigenvalue weighted by Gasteiger charge is 2.02. The molecule has 1 heterocycles. The molecule has 0 atom stereocenters. The minimum absolute atomic E-state index is 0.239. The minimum atomic E-state index is 0.239. The Morgan fingerprint density at radius 3 is 2.78 bits per heavy atom. The predicted molar refractivity (Wildman–Crippen MR) is 69.4 cm³/mol. The Bertz CT molecular complexity index is 500. The van der Waals surface area contributed by atoms with Crippen LogP contribution in [-0.2, 0) is 13.1 Å². The molecule has 0 aliphatic heterocycles. The number of aromatic hydroxyl groups is 1. The van der Waals surface area contributed by atoms with Gasteiger partial charge in [-0.15, -0.1) is 0 Å². The normalized spacial score (nSPS) is 10.3. The average Bonchev–Trinajstić information content (AvgIpc) is 2.42. The lowest BCUT2D eigenvalue weighted by Gasteiger charge is -2.08. The second-order valence-corrected chi connectivity index (χ2v) is 3.92. The molecular formula is C14H16N2O2. The second kappa shape index (κ2) is 6.02. The smallest absolute Gasteiger partial charge is 0.123 e. The van der Waals surface area contributed by atoms with E-state index in [-0.39, 0.29) is 5.75 Å². The van der Waals surface area contributed by atoms with E-state index >= 15 is 0 Å². The number of nitrogens with zero attached hydrogens (tertiary/aromatic N) is 1. The van der Waals surface area contributed by atoms with E-state index in [4.69, 9.17) is 4.74 Å². The number of aromatic nitrogens is 1. The molecule has 0 bridgehead atoms. The number of phenols is 1. The largest absolute Gasteiger partial charge is 0.507 e. The Kier molecular flexibility index (Phi) is 4.15. The van der Waals surface area contributed by atoms with Crippen molar-refractivity contribution in [3.8, 4) is 11.5 Å². The van der Waals surface area contributed by atoms with Crippen LogP contribution in [0.3, 0.4) is 0 Å². The first-order valence-corrected chi connectivity index (χ1v) is 5.76. The van der Waals surface area contributed by atoms with Gasteiger partial charge in [-0.3, -0.25) is 4.98 Å². The SMILES string of the molecule is COc1ccc(CNCc2ccccn2)c(O)c1. The van der Waals surface area contributed by atoms with Crippen molar-refractivity contribution >= 4 is 0 Å². The first-order chi connectivity index (χ1) is 8.79. The van der Waals surface area contributed by atoms with E-state index in [0.29, 0.717) is 18.8 Å². The van der Waals surface area contributed by atoms with Crippen LogP contribution in [0.2, 0.25) is 0 Å². The van der Waals surface area contributed by atoms with Crippen molar-refractivity contribution in [2.75, 3.05) is 7.11 Å². The van der Waals surface area contributed by atoms with Crippen LogP contribution in [0.4, 0.5) is 0 Å². The molecule has 0 saturated carbocycles. The summed E-state index contributed by atoms with van der Waals surface area (Å²) in [6, 6.07) is 11.1. The number of ether oxygens (including phenoxy) is 1. The number of nitrogens with one attached hydrogen (secondary N) is 1. The summed E-state index contributed by atoms with van der Waals surface area (Å²) in [5.74, 6) is 0.892. The first kappa shape index (κ1) is 12.4. The number of hydrogen-bond acceptors (Lipinski definition) is 4. The van der Waals surface area contributed by atoms with Crippen molar-refractivity contribution in [3.63, 3.8) is 0 Å². The van der Waals surface area contributed by atoms with Crippen LogP contribution >= 0.6 is 0 Å². The Labute approximate surface area is 106 Å². The molecule has 0 unspecified atom stereocenters. The van der Waals surface area contributed by atoms with E-state index in [1.807, 2.05) is 30.3 Å². The fourth-order valence-corrected chi connectivity index (χ4v) is 1.65. The highest BCUT2D eigenvalue weighted by Crippen LogP contribution is 2.23. The third-order valence-electron chi connectivity index (χ3n) is 2.64. The molecule has 18 heavy (non-hydrogen) atoms. The van der Waals surface area contributed by atoms with E-state index in [2.05, 4.69) is 10.3 Å². The number of hydrogen-bond donors (Lipinski definition) is 2. The van der Waals surface area contributed by atoms with Crippen molar-refractivity contribution in [1.82, 2.24) is 10.3 Å². The molecular weight excluding hydrogens is 228 g/mol. The molecule has 2 rings (SSSR count). The van der Waals surface area contributed by atoms with E-state index in [9.17, 15) is 5.11 Å². The van der Waals surface area contributed by atoms with Gasteiger partial charge >= 0.3 is 0 Å². The van der Waals surface area contributed by atoms with Crippen LogP contribution < -0.4 is 10.1 Å². The van der Waals surface area contributed by atoms with Gasteiger partial charge in [-0.1, -0.05) is 12.1 Å². The molecule has 0 spiro atoms. The van der Waals surface area contributed by atoms with Crippen molar-refractivity contribution in [1.29, 1.82) is 0 Å². The fraction of sp³-hybridized carbons (Fsp3) is 0.214. The summed E-state index contributed by atoms with van der Waals surface area (Å²) in [6.07, 6.45) is 1.77. The molecule has 0 radical (unpaired) electrons. The molecule has 0 amide bonds. The van der Waals surface area contributed by atoms with Crippen molar-refractivity contribution in [2.24, 2.45) is 0 Å². The van der Waals surface area contributed by atoms with Crippen molar-refractivity contribution < 1.29 is 9.84 Å². The monoisotopic (exact) mass is 244 g/mol. The molecule has 1 aromatic heterocycles. The Balaban J connectivity index is 1.91. The maximum Gasteiger partial charge on any atom is 0.123 e. The van der Waals surface area contributed by atoms with E-state index in [0.717, 1.165) is 11.3 Å². The highest BCUT2D eigenvalue weighted by molar-refractivity contribution is 5.39. The number of rotatable bonds is 5. The van der Waals surface area contributed by atoms with Crippen LogP contribution in [0, 0.1) is 0 Å². The lowest BCUT2D eigenvalue weighted by molar-refractivity contribution is 0.406. The summed E-state index contributed by atoms with van der Waals surface area (Å²) in [6.45, 7) is 1.26. The van der Waals surface area contributed by atoms with Gasteiger partial charge in [0.05, 0.1) is 12.8 Å². The van der Waals surface area contributed by atoms with Crippen LogP contribution in [0.15, 0.2) is 42.6 Å². The van der Waals surface area contributed by atoms with Crippen LogP contribution in [0.5, 0.6) is 11.5 Å². The average molecular weight is 244 g/mol. The zero-order valence-corrected chi connectivity index (χ0v) is 10.3. The molecule has 1 aromatic carbocycles. The summed E-state index contributed by atoms with van der Waals surface area (Å²) in [5.41, 5.74) is 1.82. The molecule has 2 N–H and O–H groups in total. The summed E-state index contributed by atoms with van der Waals surface area (Å²) < 4.78 is 5.03. The zero-order chi connectivity index (χ0) is 12.8. The maximum absolute atomic E-state index is 9.78. The molecule has 4 nitrogen and oxygen atoms in total. The minimum Gasteiger partial charge on any atom is -0.507 e. The number of methoxy groups -OCH3 is 1. The van der Waals surface area contributed by atoms with E-state index in [1.165, 1.54) is 0 Å². The standard InChI is InChI=1S/C14H16N2O2/c1-18-13-6-5-11(14(17)8-13)9-15-10-12-4-2-3-7-16-12/h2-8,15,17H,9-10H2,1H3. The maximum atomic E-state index is 9.78. The molecule has 0 aliphatic rings. The molecule has 0 fully saturated rings. The van der Waals surface area contributed by atoms with Crippen LogP contribution in [0.25, 0.3) is 0 Å². The van der Waals surface area contributed by atoms with E-state index < -0.39 is 0 Å². The van der Waals surface area contributed by atoms with Crippen LogP contribution in [-0.4, -0.2) is 17.2 Å². The number of phenolic OH excluding ortho intramolecular Hbond substituents is 1. The van der Waals surface area contributed by atoms with Crippen molar-refractivity contribution in [3.05, 3.63) is 53.9 Å². The van der Waals surface area contributed by atoms with Gasteiger partial charge in [-0.05, 0) is 18.2 Å². The summed E-state index contributed by atoms with van der Waals surface area (Å²) >= 11 is 0. The zero-order valence-electron chi connectivity index (χ0n) is 10.3. The van der Waals surface area contributed by atoms with Gasteiger partial charge in [0.2, 0.25) is 0 Å². The predicted octanol–water partition coefficient (Wildman–Crippen LogP) is 2.09. The summed E-state index contributed by atoms with van der Waals surface area (Å²) in [5, 5.41) is 13.0. The van der Waals surface area contributed by atoms with Gasteiger partial charge in [0.15, 0.2) is 0 Å². The third-order valence-corrected chi connectivity index (χ3v) is 2.64. The van der Waals surface area contributed by atoms with Gasteiger partial charge in [-0.2, -0.15) is 0 Å². The Morgan fingerprint density at radius 2 is 2.11 bits per heavy atom. The molecule has 0 aliphatic carbocycles. The lowest BCUT2D eigenvalue weighted by Crippen LogP contribution is -2.13. The third kappa shape index (κ3) is 3.21. The van der Waals surface area contributed by atoms with Gasteiger partial charge in [0.1, 0.15) is 11.5 Å². The number of pyridine rings is 1. The fourth-order valence-electron chi connectivity index (χ4n) is 1.65.